The van der Waals surface area contributed by atoms with Gasteiger partial charge in [-0.05, 0) is 26.0 Å². The van der Waals surface area contributed by atoms with Crippen LogP contribution in [-0.2, 0) is 14.4 Å². The van der Waals surface area contributed by atoms with Gasteiger partial charge in [0.25, 0.3) is 5.91 Å². The number of benzene rings is 1. The number of anilines is 1. The number of alkyl halides is 5. The highest BCUT2D eigenvalue weighted by atomic mass is 19.4. The number of fused-ring (bicyclic) bond motifs is 1. The van der Waals surface area contributed by atoms with E-state index in [1.807, 2.05) is 0 Å². The quantitative estimate of drug-likeness (QED) is 0.481. The SMILES string of the molecule is CC(C(=O)NCC(F)(F)C(F)(F)F)C(=O)N[C@@H]1C(=O)Nc2cc(F)ccc2O[C@@H]1C. The summed E-state index contributed by atoms with van der Waals surface area (Å²) in [5, 5.41) is 5.87. The second-order valence-corrected chi connectivity index (χ2v) is 6.58. The van der Waals surface area contributed by atoms with Crippen LogP contribution < -0.4 is 20.7 Å². The van der Waals surface area contributed by atoms with E-state index in [0.717, 1.165) is 19.1 Å². The van der Waals surface area contributed by atoms with Crippen molar-refractivity contribution in [1.82, 2.24) is 10.6 Å². The normalized spacial score (nSPS) is 20.2. The van der Waals surface area contributed by atoms with Gasteiger partial charge in [-0.25, -0.2) is 4.39 Å². The standard InChI is InChI=1S/C17H17F6N3O4/c1-7(13(27)24-6-16(19,20)17(21,22)23)14(28)26-12-8(2)30-11-4-3-9(18)5-10(11)25-15(12)29/h3-5,7-8,12H,6H2,1-2H3,(H,24,27)(H,25,29)(H,26,28)/t7?,8-,12+/m1/s1. The van der Waals surface area contributed by atoms with Crippen molar-refractivity contribution in [3.05, 3.63) is 24.0 Å². The molecule has 30 heavy (non-hydrogen) atoms. The van der Waals surface area contributed by atoms with Crippen molar-refractivity contribution in [2.75, 3.05) is 11.9 Å². The van der Waals surface area contributed by atoms with Crippen molar-refractivity contribution in [2.24, 2.45) is 5.92 Å². The molecule has 1 aromatic carbocycles. The maximum atomic E-state index is 13.3. The summed E-state index contributed by atoms with van der Waals surface area (Å²) in [6, 6.07) is 1.96. The van der Waals surface area contributed by atoms with Gasteiger partial charge >= 0.3 is 12.1 Å². The van der Waals surface area contributed by atoms with Crippen LogP contribution in [-0.4, -0.2) is 48.5 Å². The Kier molecular flexibility index (Phi) is 6.52. The van der Waals surface area contributed by atoms with Crippen molar-refractivity contribution in [2.45, 2.75) is 38.1 Å². The lowest BCUT2D eigenvalue weighted by Gasteiger charge is -2.24. The van der Waals surface area contributed by atoms with Crippen molar-refractivity contribution in [3.8, 4) is 5.75 Å². The monoisotopic (exact) mass is 441 g/mol. The topological polar surface area (TPSA) is 96.5 Å². The molecule has 0 aromatic heterocycles. The van der Waals surface area contributed by atoms with E-state index in [9.17, 15) is 40.7 Å². The first-order valence-corrected chi connectivity index (χ1v) is 8.52. The third-order valence-corrected chi connectivity index (χ3v) is 4.25. The zero-order chi connectivity index (χ0) is 22.9. The third kappa shape index (κ3) is 5.13. The number of halogens is 6. The summed E-state index contributed by atoms with van der Waals surface area (Å²) < 4.78 is 81.1. The first-order valence-electron chi connectivity index (χ1n) is 8.52. The van der Waals surface area contributed by atoms with Gasteiger partial charge in [-0.3, -0.25) is 14.4 Å². The lowest BCUT2D eigenvalue weighted by molar-refractivity contribution is -0.278. The van der Waals surface area contributed by atoms with Gasteiger partial charge in [-0.15, -0.1) is 0 Å². The molecule has 3 amide bonds. The number of carbonyl (C=O) groups excluding carboxylic acids is 3. The summed E-state index contributed by atoms with van der Waals surface area (Å²) in [6.07, 6.45) is -6.85. The average molecular weight is 441 g/mol. The number of rotatable bonds is 5. The lowest BCUT2D eigenvalue weighted by Crippen LogP contribution is -2.54. The average Bonchev–Trinajstić information content (AvgIpc) is 2.74. The van der Waals surface area contributed by atoms with Gasteiger partial charge in [-0.2, -0.15) is 22.0 Å². The minimum absolute atomic E-state index is 0.00349. The highest BCUT2D eigenvalue weighted by Gasteiger charge is 2.57. The molecule has 13 heteroatoms. The van der Waals surface area contributed by atoms with Crippen LogP contribution >= 0.6 is 0 Å². The molecule has 1 aliphatic rings. The smallest absolute Gasteiger partial charge is 0.455 e. The molecule has 3 N–H and O–H groups in total. The summed E-state index contributed by atoms with van der Waals surface area (Å²) in [5.74, 6) is -10.7. The van der Waals surface area contributed by atoms with Crippen LogP contribution in [0.15, 0.2) is 18.2 Å². The first-order chi connectivity index (χ1) is 13.7. The minimum Gasteiger partial charge on any atom is -0.486 e. The predicted molar refractivity (Wildman–Crippen MR) is 90.2 cm³/mol. The van der Waals surface area contributed by atoms with Gasteiger partial charge in [0, 0.05) is 6.07 Å². The molecular formula is C17H17F6N3O4. The second kappa shape index (κ2) is 8.40. The van der Waals surface area contributed by atoms with Crippen LogP contribution in [0.4, 0.5) is 32.0 Å². The molecule has 0 saturated heterocycles. The molecule has 1 aromatic rings. The van der Waals surface area contributed by atoms with Crippen LogP contribution in [0.25, 0.3) is 0 Å². The molecule has 3 atom stereocenters. The molecule has 0 fully saturated rings. The summed E-state index contributed by atoms with van der Waals surface area (Å²) in [4.78, 5) is 36.4. The van der Waals surface area contributed by atoms with Crippen molar-refractivity contribution < 1.29 is 45.5 Å². The van der Waals surface area contributed by atoms with E-state index in [0.29, 0.717) is 0 Å². The van der Waals surface area contributed by atoms with Gasteiger partial charge in [-0.1, -0.05) is 0 Å². The van der Waals surface area contributed by atoms with Gasteiger partial charge in [0.2, 0.25) is 11.8 Å². The minimum atomic E-state index is -5.87. The highest BCUT2D eigenvalue weighted by molar-refractivity contribution is 6.04. The fourth-order valence-corrected chi connectivity index (χ4v) is 2.43. The summed E-state index contributed by atoms with van der Waals surface area (Å²) >= 11 is 0. The van der Waals surface area contributed by atoms with E-state index < -0.39 is 60.2 Å². The van der Waals surface area contributed by atoms with Gasteiger partial charge < -0.3 is 20.7 Å². The Bertz CT molecular complexity index is 845. The summed E-state index contributed by atoms with van der Waals surface area (Å²) in [6.45, 7) is 0.315. The zero-order valence-corrected chi connectivity index (χ0v) is 15.6. The number of amides is 3. The van der Waals surface area contributed by atoms with Gasteiger partial charge in [0.05, 0.1) is 12.2 Å². The fraction of sp³-hybridized carbons (Fsp3) is 0.471. The molecule has 1 aliphatic heterocycles. The van der Waals surface area contributed by atoms with E-state index in [1.165, 1.54) is 18.3 Å². The molecule has 0 bridgehead atoms. The lowest BCUT2D eigenvalue weighted by atomic mass is 10.1. The van der Waals surface area contributed by atoms with E-state index in [4.69, 9.17) is 4.74 Å². The van der Waals surface area contributed by atoms with Crippen molar-refractivity contribution in [3.63, 3.8) is 0 Å². The molecule has 7 nitrogen and oxygen atoms in total. The van der Waals surface area contributed by atoms with E-state index in [2.05, 4.69) is 10.6 Å². The largest absolute Gasteiger partial charge is 0.486 e. The summed E-state index contributed by atoms with van der Waals surface area (Å²) in [5.41, 5.74) is 0.00349. The van der Waals surface area contributed by atoms with Gasteiger partial charge in [0.15, 0.2) is 0 Å². The van der Waals surface area contributed by atoms with Crippen molar-refractivity contribution >= 4 is 23.4 Å². The van der Waals surface area contributed by atoms with E-state index in [-0.39, 0.29) is 11.4 Å². The molecule has 0 aliphatic carbocycles. The third-order valence-electron chi connectivity index (χ3n) is 4.25. The molecule has 1 unspecified atom stereocenters. The molecule has 0 saturated carbocycles. The molecule has 1 heterocycles. The Labute approximate surface area is 166 Å². The molecule has 2 rings (SSSR count). The predicted octanol–water partition coefficient (Wildman–Crippen LogP) is 1.98. The Morgan fingerprint density at radius 2 is 1.83 bits per heavy atom. The Balaban J connectivity index is 2.02. The van der Waals surface area contributed by atoms with Crippen LogP contribution in [0.5, 0.6) is 5.75 Å². The molecule has 166 valence electrons. The number of hydrogen-bond acceptors (Lipinski definition) is 4. The van der Waals surface area contributed by atoms with Crippen LogP contribution in [0.1, 0.15) is 13.8 Å². The Hall–Kier alpha value is -2.99. The first kappa shape index (κ1) is 23.3. The van der Waals surface area contributed by atoms with Crippen molar-refractivity contribution in [1.29, 1.82) is 0 Å². The highest BCUT2D eigenvalue weighted by Crippen LogP contribution is 2.34. The Morgan fingerprint density at radius 1 is 1.20 bits per heavy atom. The van der Waals surface area contributed by atoms with E-state index >= 15 is 0 Å². The van der Waals surface area contributed by atoms with E-state index in [1.54, 1.807) is 0 Å². The number of ether oxygens (including phenoxy) is 1. The second-order valence-electron chi connectivity index (χ2n) is 6.58. The number of hydrogen-bond donors (Lipinski definition) is 3. The molecule has 0 radical (unpaired) electrons. The van der Waals surface area contributed by atoms with Crippen LogP contribution in [0.3, 0.4) is 0 Å². The van der Waals surface area contributed by atoms with Crippen LogP contribution in [0.2, 0.25) is 0 Å². The maximum Gasteiger partial charge on any atom is 0.455 e. The summed E-state index contributed by atoms with van der Waals surface area (Å²) in [7, 11) is 0. The van der Waals surface area contributed by atoms with Crippen LogP contribution in [0, 0.1) is 11.7 Å². The molecular weight excluding hydrogens is 424 g/mol. The van der Waals surface area contributed by atoms with Gasteiger partial charge in [0.1, 0.15) is 29.6 Å². The Morgan fingerprint density at radius 3 is 2.43 bits per heavy atom. The maximum absolute atomic E-state index is 13.3. The number of nitrogens with one attached hydrogen (secondary N) is 3. The fourth-order valence-electron chi connectivity index (χ4n) is 2.43. The zero-order valence-electron chi connectivity index (χ0n) is 15.6. The molecule has 0 spiro atoms. The number of carbonyl (C=O) groups is 3.